The van der Waals surface area contributed by atoms with Crippen molar-refractivity contribution in [3.8, 4) is 0 Å². The zero-order chi connectivity index (χ0) is 15.4. The summed E-state index contributed by atoms with van der Waals surface area (Å²) in [6.07, 6.45) is 1.44. The summed E-state index contributed by atoms with van der Waals surface area (Å²) in [5, 5.41) is 7.18. The van der Waals surface area contributed by atoms with Crippen LogP contribution in [0.5, 0.6) is 0 Å². The molecule has 2 heterocycles. The fraction of sp³-hybridized carbons (Fsp3) is 0.562. The number of amides is 1. The van der Waals surface area contributed by atoms with Crippen molar-refractivity contribution < 1.29 is 9.53 Å². The maximum atomic E-state index is 12.1. The minimum absolute atomic E-state index is 0. The van der Waals surface area contributed by atoms with Crippen molar-refractivity contribution in [2.75, 3.05) is 37.7 Å². The van der Waals surface area contributed by atoms with E-state index in [0.717, 1.165) is 43.4 Å². The van der Waals surface area contributed by atoms with Gasteiger partial charge in [-0.05, 0) is 24.6 Å². The standard InChI is InChI=1S/C16H22ClN3O2.2ClH/c17-12-2-1-3-15(8-12)20-6-4-13(10-20)19-16(21)9-14-11-22-7-5-18-14;;/h1-3,8,13-14,18H,4-7,9-11H2,(H,19,21);2*1H. The number of ether oxygens (including phenoxy) is 1. The van der Waals surface area contributed by atoms with E-state index in [-0.39, 0.29) is 42.8 Å². The SMILES string of the molecule is Cl.Cl.O=C(CC1COCCN1)NC1CCN(c2cccc(Cl)c2)C1. The molecule has 1 amide bonds. The molecule has 3 rings (SSSR count). The Labute approximate surface area is 160 Å². The van der Waals surface area contributed by atoms with Gasteiger partial charge in [-0.3, -0.25) is 4.79 Å². The molecule has 0 aromatic heterocycles. The van der Waals surface area contributed by atoms with Gasteiger partial charge in [0.2, 0.25) is 5.91 Å². The smallest absolute Gasteiger partial charge is 0.221 e. The predicted molar refractivity (Wildman–Crippen MR) is 102 cm³/mol. The number of carbonyl (C=O) groups is 1. The molecular formula is C16H24Cl3N3O2. The van der Waals surface area contributed by atoms with Gasteiger partial charge in [0.05, 0.1) is 13.2 Å². The molecule has 2 saturated heterocycles. The fourth-order valence-electron chi connectivity index (χ4n) is 3.05. The van der Waals surface area contributed by atoms with Crippen LogP contribution in [-0.2, 0) is 9.53 Å². The van der Waals surface area contributed by atoms with Crippen molar-refractivity contribution in [2.45, 2.75) is 24.9 Å². The molecule has 0 spiro atoms. The van der Waals surface area contributed by atoms with E-state index in [4.69, 9.17) is 16.3 Å². The Hall–Kier alpha value is -0.720. The van der Waals surface area contributed by atoms with E-state index < -0.39 is 0 Å². The van der Waals surface area contributed by atoms with Crippen LogP contribution in [0, 0.1) is 0 Å². The Kier molecular flexibility index (Phi) is 9.16. The van der Waals surface area contributed by atoms with E-state index in [1.54, 1.807) is 0 Å². The van der Waals surface area contributed by atoms with Crippen LogP contribution in [0.15, 0.2) is 24.3 Å². The molecule has 1 aromatic rings. The molecule has 2 aliphatic rings. The second-order valence-electron chi connectivity index (χ2n) is 5.91. The van der Waals surface area contributed by atoms with Crippen molar-refractivity contribution in [1.82, 2.24) is 10.6 Å². The Morgan fingerprint density at radius 2 is 2.25 bits per heavy atom. The summed E-state index contributed by atoms with van der Waals surface area (Å²) < 4.78 is 5.38. The number of anilines is 1. The van der Waals surface area contributed by atoms with Gasteiger partial charge in [-0.15, -0.1) is 24.8 Å². The van der Waals surface area contributed by atoms with Gasteiger partial charge in [0.15, 0.2) is 0 Å². The molecule has 1 aromatic carbocycles. The Balaban J connectivity index is 0.00000144. The first-order valence-electron chi connectivity index (χ1n) is 7.82. The molecule has 2 atom stereocenters. The molecule has 5 nitrogen and oxygen atoms in total. The molecule has 0 aliphatic carbocycles. The number of hydrogen-bond donors (Lipinski definition) is 2. The molecule has 0 bridgehead atoms. The van der Waals surface area contributed by atoms with E-state index in [1.807, 2.05) is 18.2 Å². The van der Waals surface area contributed by atoms with Crippen LogP contribution in [0.2, 0.25) is 5.02 Å². The van der Waals surface area contributed by atoms with Gasteiger partial charge in [0.25, 0.3) is 0 Å². The van der Waals surface area contributed by atoms with Crippen LogP contribution in [0.4, 0.5) is 5.69 Å². The molecule has 2 unspecified atom stereocenters. The van der Waals surface area contributed by atoms with Crippen molar-refractivity contribution in [1.29, 1.82) is 0 Å². The third kappa shape index (κ3) is 5.97. The number of nitrogens with zero attached hydrogens (tertiary/aromatic N) is 1. The van der Waals surface area contributed by atoms with Crippen molar-refractivity contribution in [2.24, 2.45) is 0 Å². The quantitative estimate of drug-likeness (QED) is 0.820. The predicted octanol–water partition coefficient (Wildman–Crippen LogP) is 2.26. The maximum absolute atomic E-state index is 12.1. The van der Waals surface area contributed by atoms with E-state index >= 15 is 0 Å². The van der Waals surface area contributed by atoms with Crippen LogP contribution in [-0.4, -0.2) is 50.8 Å². The van der Waals surface area contributed by atoms with Crippen molar-refractivity contribution >= 4 is 48.0 Å². The Morgan fingerprint density at radius 1 is 1.42 bits per heavy atom. The van der Waals surface area contributed by atoms with E-state index in [2.05, 4.69) is 21.6 Å². The topological polar surface area (TPSA) is 53.6 Å². The van der Waals surface area contributed by atoms with E-state index in [1.165, 1.54) is 0 Å². The lowest BCUT2D eigenvalue weighted by Crippen LogP contribution is -2.46. The fourth-order valence-corrected chi connectivity index (χ4v) is 3.23. The molecule has 2 fully saturated rings. The third-order valence-electron chi connectivity index (χ3n) is 4.16. The van der Waals surface area contributed by atoms with E-state index in [0.29, 0.717) is 13.0 Å². The first kappa shape index (κ1) is 21.3. The number of rotatable bonds is 4. The van der Waals surface area contributed by atoms with Crippen LogP contribution in [0.25, 0.3) is 0 Å². The van der Waals surface area contributed by atoms with Gasteiger partial charge in [-0.1, -0.05) is 17.7 Å². The molecule has 0 radical (unpaired) electrons. The first-order chi connectivity index (χ1) is 10.7. The van der Waals surface area contributed by atoms with Crippen LogP contribution in [0.3, 0.4) is 0 Å². The van der Waals surface area contributed by atoms with Crippen molar-refractivity contribution in [3.63, 3.8) is 0 Å². The van der Waals surface area contributed by atoms with Crippen LogP contribution < -0.4 is 15.5 Å². The average molecular weight is 397 g/mol. The highest BCUT2D eigenvalue weighted by atomic mass is 35.5. The van der Waals surface area contributed by atoms with Gasteiger partial charge in [-0.25, -0.2) is 0 Å². The minimum Gasteiger partial charge on any atom is -0.378 e. The second kappa shape index (κ2) is 10.3. The van der Waals surface area contributed by atoms with Crippen LogP contribution >= 0.6 is 36.4 Å². The Morgan fingerprint density at radius 3 is 2.96 bits per heavy atom. The highest BCUT2D eigenvalue weighted by molar-refractivity contribution is 6.30. The highest BCUT2D eigenvalue weighted by Crippen LogP contribution is 2.23. The second-order valence-corrected chi connectivity index (χ2v) is 6.35. The lowest BCUT2D eigenvalue weighted by molar-refractivity contribution is -0.122. The monoisotopic (exact) mass is 395 g/mol. The van der Waals surface area contributed by atoms with Gasteiger partial charge in [-0.2, -0.15) is 0 Å². The van der Waals surface area contributed by atoms with Gasteiger partial charge < -0.3 is 20.3 Å². The zero-order valence-electron chi connectivity index (χ0n) is 13.4. The number of nitrogens with one attached hydrogen (secondary N) is 2. The largest absolute Gasteiger partial charge is 0.378 e. The van der Waals surface area contributed by atoms with Crippen molar-refractivity contribution in [3.05, 3.63) is 29.3 Å². The van der Waals surface area contributed by atoms with Gasteiger partial charge >= 0.3 is 0 Å². The van der Waals surface area contributed by atoms with Crippen LogP contribution in [0.1, 0.15) is 12.8 Å². The van der Waals surface area contributed by atoms with Gasteiger partial charge in [0, 0.05) is 48.8 Å². The lowest BCUT2D eigenvalue weighted by atomic mass is 10.1. The Bertz CT molecular complexity index is 527. The molecule has 136 valence electrons. The zero-order valence-corrected chi connectivity index (χ0v) is 15.8. The first-order valence-corrected chi connectivity index (χ1v) is 8.19. The molecule has 2 N–H and O–H groups in total. The summed E-state index contributed by atoms with van der Waals surface area (Å²) in [7, 11) is 0. The third-order valence-corrected chi connectivity index (χ3v) is 4.39. The highest BCUT2D eigenvalue weighted by Gasteiger charge is 2.25. The molecular weight excluding hydrogens is 373 g/mol. The number of carbonyl (C=O) groups excluding carboxylic acids is 1. The van der Waals surface area contributed by atoms with E-state index in [9.17, 15) is 4.79 Å². The normalized spacial score (nSPS) is 23.1. The summed E-state index contributed by atoms with van der Waals surface area (Å²) in [6, 6.07) is 8.20. The van der Waals surface area contributed by atoms with Gasteiger partial charge in [0.1, 0.15) is 0 Å². The maximum Gasteiger partial charge on any atom is 0.221 e. The number of hydrogen-bond acceptors (Lipinski definition) is 4. The molecule has 0 saturated carbocycles. The molecule has 2 aliphatic heterocycles. The summed E-state index contributed by atoms with van der Waals surface area (Å²) in [6.45, 7) is 3.95. The summed E-state index contributed by atoms with van der Waals surface area (Å²) in [5.41, 5.74) is 1.12. The average Bonchev–Trinajstić information content (AvgIpc) is 2.96. The number of halogens is 3. The molecule has 24 heavy (non-hydrogen) atoms. The summed E-state index contributed by atoms with van der Waals surface area (Å²) in [4.78, 5) is 14.4. The lowest BCUT2D eigenvalue weighted by Gasteiger charge is -2.24. The number of morpholine rings is 1. The summed E-state index contributed by atoms with van der Waals surface area (Å²) >= 11 is 6.04. The number of benzene rings is 1. The molecule has 8 heteroatoms. The summed E-state index contributed by atoms with van der Waals surface area (Å²) in [5.74, 6) is 0.0981. The minimum atomic E-state index is 0.